The second-order valence-corrected chi connectivity index (χ2v) is 12.1. The van der Waals surface area contributed by atoms with Crippen LogP contribution in [-0.4, -0.2) is 53.0 Å². The number of aliphatic imine (C=N–C) groups is 1. The van der Waals surface area contributed by atoms with Crippen LogP contribution >= 0.6 is 0 Å². The number of amidine groups is 1. The Kier molecular flexibility index (Phi) is 7.73. The van der Waals surface area contributed by atoms with E-state index in [9.17, 15) is 0 Å². The molecule has 1 fully saturated rings. The molecule has 5 heteroatoms. The Balaban J connectivity index is 2.11. The second-order valence-electron chi connectivity index (χ2n) is 9.63. The molecule has 0 aliphatic carbocycles. The largest absolute Gasteiger partial charge is 0.358 e. The van der Waals surface area contributed by atoms with Crippen molar-refractivity contribution in [1.82, 2.24) is 13.7 Å². The molecule has 1 aliphatic rings. The molecular formula is C26H40N4Si. The lowest BCUT2D eigenvalue weighted by Gasteiger charge is -2.64. The summed E-state index contributed by atoms with van der Waals surface area (Å²) in [6.45, 7) is 18.4. The summed E-state index contributed by atoms with van der Waals surface area (Å²) >= 11 is 0. The van der Waals surface area contributed by atoms with Crippen LogP contribution in [0.25, 0.3) is 0 Å². The van der Waals surface area contributed by atoms with Gasteiger partial charge in [-0.3, -0.25) is 14.1 Å². The average molecular weight is 437 g/mol. The quantitative estimate of drug-likeness (QED) is 0.329. The van der Waals surface area contributed by atoms with Gasteiger partial charge in [-0.15, -0.1) is 0 Å². The Bertz CT molecular complexity index is 832. The standard InChI is InChI=1S/C26H40N4Si/c1-19(2)27-25(23-15-11-9-12-16-23)28(20(3)4)31-29(21(5)6)26(30(31)22(7)8)24-17-13-10-14-18-24/h9-22,26,31H,1-8H3. The van der Waals surface area contributed by atoms with E-state index in [1.165, 1.54) is 11.1 Å². The number of nitrogens with zero attached hydrogens (tertiary/aromatic N) is 4. The molecule has 1 aliphatic heterocycles. The van der Waals surface area contributed by atoms with Gasteiger partial charge in [0.1, 0.15) is 5.84 Å². The molecule has 1 saturated heterocycles. The molecule has 31 heavy (non-hydrogen) atoms. The van der Waals surface area contributed by atoms with E-state index in [0.717, 1.165) is 5.84 Å². The second kappa shape index (κ2) is 10.1. The predicted molar refractivity (Wildman–Crippen MR) is 135 cm³/mol. The van der Waals surface area contributed by atoms with Crippen molar-refractivity contribution in [2.75, 3.05) is 0 Å². The van der Waals surface area contributed by atoms with Gasteiger partial charge in [-0.1, -0.05) is 88.4 Å². The van der Waals surface area contributed by atoms with Crippen LogP contribution in [0.15, 0.2) is 65.7 Å². The molecule has 0 bridgehead atoms. The van der Waals surface area contributed by atoms with Gasteiger partial charge < -0.3 is 4.57 Å². The third-order valence-corrected chi connectivity index (χ3v) is 10.0. The lowest BCUT2D eigenvalue weighted by molar-refractivity contribution is 0.0128. The van der Waals surface area contributed by atoms with E-state index in [2.05, 4.69) is 130 Å². The topological polar surface area (TPSA) is 22.1 Å². The monoisotopic (exact) mass is 436 g/mol. The molecule has 2 aromatic carbocycles. The van der Waals surface area contributed by atoms with Crippen molar-refractivity contribution in [3.63, 3.8) is 0 Å². The molecule has 4 nitrogen and oxygen atoms in total. The zero-order valence-electron chi connectivity index (χ0n) is 20.5. The average Bonchev–Trinajstić information content (AvgIpc) is 2.69. The number of benzene rings is 2. The summed E-state index contributed by atoms with van der Waals surface area (Å²) in [7, 11) is -1.66. The number of hydrogen-bond acceptors (Lipinski definition) is 3. The molecule has 0 atom stereocenters. The lowest BCUT2D eigenvalue weighted by Crippen LogP contribution is -2.80. The van der Waals surface area contributed by atoms with Crippen molar-refractivity contribution in [3.05, 3.63) is 71.8 Å². The van der Waals surface area contributed by atoms with E-state index in [-0.39, 0.29) is 6.04 Å². The SMILES string of the molecule is CC(C)N=C(c1ccccc1)N(C(C)C)[SiH]1N(C(C)C)C(c2ccccc2)N1C(C)C. The highest BCUT2D eigenvalue weighted by atomic mass is 28.3. The molecule has 0 spiro atoms. The minimum Gasteiger partial charge on any atom is -0.358 e. The van der Waals surface area contributed by atoms with Crippen LogP contribution in [0.5, 0.6) is 0 Å². The van der Waals surface area contributed by atoms with Crippen molar-refractivity contribution in [2.45, 2.75) is 85.7 Å². The van der Waals surface area contributed by atoms with Crippen LogP contribution in [0.4, 0.5) is 0 Å². The maximum absolute atomic E-state index is 5.18. The molecule has 0 radical (unpaired) electrons. The van der Waals surface area contributed by atoms with Crippen molar-refractivity contribution < 1.29 is 0 Å². The zero-order chi connectivity index (χ0) is 22.7. The Labute approximate surface area is 191 Å². The molecule has 168 valence electrons. The molecule has 0 saturated carbocycles. The summed E-state index contributed by atoms with van der Waals surface area (Å²) in [5.41, 5.74) is 2.60. The summed E-state index contributed by atoms with van der Waals surface area (Å²) in [4.78, 5) is 5.18. The smallest absolute Gasteiger partial charge is 0.307 e. The highest BCUT2D eigenvalue weighted by molar-refractivity contribution is 6.56. The first-order chi connectivity index (χ1) is 14.7. The third-order valence-electron chi connectivity index (χ3n) is 5.85. The van der Waals surface area contributed by atoms with Gasteiger partial charge in [0.05, 0.1) is 6.17 Å². The number of hydrogen-bond donors (Lipinski definition) is 0. The summed E-state index contributed by atoms with van der Waals surface area (Å²) in [6, 6.07) is 23.3. The van der Waals surface area contributed by atoms with Crippen LogP contribution in [0.1, 0.15) is 72.7 Å². The van der Waals surface area contributed by atoms with Crippen molar-refractivity contribution in [3.8, 4) is 0 Å². The fourth-order valence-electron chi connectivity index (χ4n) is 4.59. The Hall–Kier alpha value is -1.95. The summed E-state index contributed by atoms with van der Waals surface area (Å²) in [5.74, 6) is 1.14. The normalized spacial score (nSPS) is 20.7. The summed E-state index contributed by atoms with van der Waals surface area (Å²) < 4.78 is 8.21. The molecule has 0 amide bonds. The molecule has 2 aromatic rings. The fraction of sp³-hybridized carbons (Fsp3) is 0.500. The third kappa shape index (κ3) is 4.94. The highest BCUT2D eigenvalue weighted by Gasteiger charge is 2.55. The lowest BCUT2D eigenvalue weighted by atomic mass is 10.1. The maximum atomic E-state index is 5.18. The molecule has 3 rings (SSSR count). The fourth-order valence-corrected chi connectivity index (χ4v) is 8.45. The molecule has 1 heterocycles. The first-order valence-electron chi connectivity index (χ1n) is 11.7. The maximum Gasteiger partial charge on any atom is 0.307 e. The van der Waals surface area contributed by atoms with Crippen LogP contribution < -0.4 is 0 Å². The van der Waals surface area contributed by atoms with Gasteiger partial charge in [-0.2, -0.15) is 0 Å². The van der Waals surface area contributed by atoms with Crippen LogP contribution in [0.3, 0.4) is 0 Å². The number of rotatable bonds is 7. The van der Waals surface area contributed by atoms with Crippen molar-refractivity contribution in [2.24, 2.45) is 4.99 Å². The Morgan fingerprint density at radius 3 is 1.68 bits per heavy atom. The highest BCUT2D eigenvalue weighted by Crippen LogP contribution is 2.42. The molecular weight excluding hydrogens is 396 g/mol. The van der Waals surface area contributed by atoms with Gasteiger partial charge in [0, 0.05) is 29.7 Å². The van der Waals surface area contributed by atoms with E-state index in [1.54, 1.807) is 0 Å². The van der Waals surface area contributed by atoms with E-state index in [0.29, 0.717) is 24.3 Å². The summed E-state index contributed by atoms with van der Waals surface area (Å²) in [6.07, 6.45) is 0.329. The zero-order valence-corrected chi connectivity index (χ0v) is 21.7. The van der Waals surface area contributed by atoms with Crippen LogP contribution in [-0.2, 0) is 0 Å². The van der Waals surface area contributed by atoms with Gasteiger partial charge in [0.2, 0.25) is 0 Å². The van der Waals surface area contributed by atoms with Gasteiger partial charge in [0.15, 0.2) is 0 Å². The van der Waals surface area contributed by atoms with E-state index < -0.39 is 9.28 Å². The molecule has 0 aromatic heterocycles. The minimum atomic E-state index is -1.66. The van der Waals surface area contributed by atoms with E-state index in [1.807, 2.05) is 0 Å². The van der Waals surface area contributed by atoms with Gasteiger partial charge >= 0.3 is 9.28 Å². The first-order valence-corrected chi connectivity index (χ1v) is 13.3. The Morgan fingerprint density at radius 1 is 0.774 bits per heavy atom. The van der Waals surface area contributed by atoms with Crippen LogP contribution in [0, 0.1) is 0 Å². The molecule has 0 unspecified atom stereocenters. The minimum absolute atomic E-state index is 0.246. The van der Waals surface area contributed by atoms with Crippen molar-refractivity contribution in [1.29, 1.82) is 0 Å². The Morgan fingerprint density at radius 2 is 1.26 bits per heavy atom. The van der Waals surface area contributed by atoms with E-state index >= 15 is 0 Å². The predicted octanol–water partition coefficient (Wildman–Crippen LogP) is 5.40. The van der Waals surface area contributed by atoms with Crippen molar-refractivity contribution >= 4 is 15.1 Å². The summed E-state index contributed by atoms with van der Waals surface area (Å²) in [5, 5.41) is 0. The van der Waals surface area contributed by atoms with E-state index in [4.69, 9.17) is 4.99 Å². The van der Waals surface area contributed by atoms with Gasteiger partial charge in [-0.05, 0) is 33.3 Å². The van der Waals surface area contributed by atoms with Gasteiger partial charge in [0.25, 0.3) is 0 Å². The first kappa shape index (κ1) is 23.7. The molecule has 0 N–H and O–H groups in total. The van der Waals surface area contributed by atoms with Gasteiger partial charge in [-0.25, -0.2) is 0 Å². The van der Waals surface area contributed by atoms with Crippen LogP contribution in [0.2, 0.25) is 0 Å².